The monoisotopic (exact) mass is 351 g/mol. The molecule has 2 unspecified atom stereocenters. The molecule has 0 radical (unpaired) electrons. The molecule has 2 atom stereocenters. The fourth-order valence-corrected chi connectivity index (χ4v) is 3.33. The van der Waals surface area contributed by atoms with Crippen LogP contribution in [-0.4, -0.2) is 18.0 Å². The number of hydrogen-bond donors (Lipinski definition) is 3. The fraction of sp³-hybridized carbons (Fsp3) is 0.333. The van der Waals surface area contributed by atoms with Crippen LogP contribution in [0.5, 0.6) is 0 Å². The first kappa shape index (κ1) is 18.0. The Labute approximate surface area is 154 Å². The first-order valence-electron chi connectivity index (χ1n) is 9.05. The van der Waals surface area contributed by atoms with Crippen molar-refractivity contribution in [3.8, 4) is 0 Å². The van der Waals surface area contributed by atoms with Crippen molar-refractivity contribution in [1.82, 2.24) is 10.6 Å². The number of aryl methyl sites for hydroxylation is 1. The molecule has 3 amide bonds. The molecular weight excluding hydrogens is 326 g/mol. The topological polar surface area (TPSA) is 70.2 Å². The van der Waals surface area contributed by atoms with Crippen molar-refractivity contribution in [3.63, 3.8) is 0 Å². The number of fused-ring (bicyclic) bond motifs is 1. The van der Waals surface area contributed by atoms with Gasteiger partial charge < -0.3 is 16.0 Å². The molecule has 0 saturated heterocycles. The van der Waals surface area contributed by atoms with Crippen molar-refractivity contribution in [2.45, 2.75) is 38.8 Å². The second-order valence-corrected chi connectivity index (χ2v) is 6.98. The normalized spacial score (nSPS) is 16.7. The number of urea groups is 1. The molecule has 3 N–H and O–H groups in total. The van der Waals surface area contributed by atoms with E-state index >= 15 is 0 Å². The summed E-state index contributed by atoms with van der Waals surface area (Å²) < 4.78 is 0. The van der Waals surface area contributed by atoms with Crippen LogP contribution in [0, 0.1) is 5.92 Å². The highest BCUT2D eigenvalue weighted by atomic mass is 16.2. The van der Waals surface area contributed by atoms with Crippen molar-refractivity contribution in [1.29, 1.82) is 0 Å². The van der Waals surface area contributed by atoms with E-state index in [2.05, 4.69) is 28.1 Å². The molecule has 1 aliphatic rings. The number of anilines is 1. The second kappa shape index (κ2) is 8.04. The Bertz CT molecular complexity index is 774. The molecule has 3 rings (SSSR count). The predicted molar refractivity (Wildman–Crippen MR) is 103 cm³/mol. The summed E-state index contributed by atoms with van der Waals surface area (Å²) in [7, 11) is 0. The molecule has 5 heteroatoms. The van der Waals surface area contributed by atoms with Gasteiger partial charge in [0.05, 0.1) is 6.04 Å². The Kier molecular flexibility index (Phi) is 5.56. The lowest BCUT2D eigenvalue weighted by atomic mass is 10.0. The van der Waals surface area contributed by atoms with Gasteiger partial charge >= 0.3 is 6.03 Å². The maximum Gasteiger partial charge on any atom is 0.319 e. The molecule has 2 aromatic rings. The lowest BCUT2D eigenvalue weighted by Gasteiger charge is -2.24. The molecule has 0 bridgehead atoms. The minimum Gasteiger partial charge on any atom is -0.347 e. The number of carbonyl (C=O) groups is 2. The lowest BCUT2D eigenvalue weighted by molar-refractivity contribution is -0.124. The number of amides is 3. The average molecular weight is 351 g/mol. The number of para-hydroxylation sites is 1. The van der Waals surface area contributed by atoms with Crippen LogP contribution in [0.4, 0.5) is 10.5 Å². The Morgan fingerprint density at radius 3 is 2.42 bits per heavy atom. The van der Waals surface area contributed by atoms with Crippen LogP contribution >= 0.6 is 0 Å². The van der Waals surface area contributed by atoms with E-state index in [1.807, 2.05) is 44.2 Å². The first-order chi connectivity index (χ1) is 12.5. The summed E-state index contributed by atoms with van der Waals surface area (Å²) in [6.45, 7) is 3.85. The van der Waals surface area contributed by atoms with Gasteiger partial charge in [-0.3, -0.25) is 4.79 Å². The molecule has 0 aromatic heterocycles. The number of carbonyl (C=O) groups excluding carboxylic acids is 2. The van der Waals surface area contributed by atoms with Gasteiger partial charge in [0.2, 0.25) is 5.91 Å². The van der Waals surface area contributed by atoms with Gasteiger partial charge in [-0.25, -0.2) is 4.79 Å². The van der Waals surface area contributed by atoms with Crippen molar-refractivity contribution in [3.05, 3.63) is 65.7 Å². The summed E-state index contributed by atoms with van der Waals surface area (Å²) in [5.41, 5.74) is 3.16. The van der Waals surface area contributed by atoms with Crippen molar-refractivity contribution in [2.75, 3.05) is 5.32 Å². The Hall–Kier alpha value is -2.82. The van der Waals surface area contributed by atoms with Crippen molar-refractivity contribution >= 4 is 17.6 Å². The molecule has 0 spiro atoms. The van der Waals surface area contributed by atoms with Crippen LogP contribution in [0.25, 0.3) is 0 Å². The van der Waals surface area contributed by atoms with E-state index in [1.54, 1.807) is 12.1 Å². The molecule has 5 nitrogen and oxygen atoms in total. The third kappa shape index (κ3) is 4.23. The summed E-state index contributed by atoms with van der Waals surface area (Å²) in [6.07, 6.45) is 1.86. The zero-order chi connectivity index (χ0) is 18.5. The smallest absolute Gasteiger partial charge is 0.319 e. The maximum atomic E-state index is 12.8. The summed E-state index contributed by atoms with van der Waals surface area (Å²) in [5.74, 6) is -0.168. The minimum atomic E-state index is -0.591. The van der Waals surface area contributed by atoms with Crippen LogP contribution in [-0.2, 0) is 11.2 Å². The number of hydrogen-bond acceptors (Lipinski definition) is 2. The van der Waals surface area contributed by atoms with Crippen molar-refractivity contribution < 1.29 is 9.59 Å². The van der Waals surface area contributed by atoms with Crippen LogP contribution < -0.4 is 16.0 Å². The molecule has 2 aromatic carbocycles. The second-order valence-electron chi connectivity index (χ2n) is 6.98. The molecule has 26 heavy (non-hydrogen) atoms. The van der Waals surface area contributed by atoms with E-state index in [0.29, 0.717) is 5.69 Å². The van der Waals surface area contributed by atoms with Gasteiger partial charge in [0.15, 0.2) is 0 Å². The molecule has 1 aliphatic carbocycles. The molecule has 136 valence electrons. The van der Waals surface area contributed by atoms with Gasteiger partial charge in [0.1, 0.15) is 6.04 Å². The molecular formula is C21H25N3O2. The third-order valence-electron chi connectivity index (χ3n) is 4.72. The Balaban J connectivity index is 1.62. The highest BCUT2D eigenvalue weighted by Crippen LogP contribution is 2.30. The third-order valence-corrected chi connectivity index (χ3v) is 4.72. The van der Waals surface area contributed by atoms with Crippen molar-refractivity contribution in [2.24, 2.45) is 5.92 Å². The highest BCUT2D eigenvalue weighted by Gasteiger charge is 2.29. The van der Waals surface area contributed by atoms with Gasteiger partial charge in [-0.05, 0) is 42.0 Å². The average Bonchev–Trinajstić information content (AvgIpc) is 3.03. The largest absolute Gasteiger partial charge is 0.347 e. The van der Waals surface area contributed by atoms with Crippen LogP contribution in [0.15, 0.2) is 54.6 Å². The van der Waals surface area contributed by atoms with E-state index in [1.165, 1.54) is 11.1 Å². The number of benzene rings is 2. The van der Waals surface area contributed by atoms with Crippen LogP contribution in [0.3, 0.4) is 0 Å². The Morgan fingerprint density at radius 1 is 1.00 bits per heavy atom. The van der Waals surface area contributed by atoms with Gasteiger partial charge in [0, 0.05) is 5.69 Å². The molecule has 0 fully saturated rings. The Morgan fingerprint density at radius 2 is 1.69 bits per heavy atom. The molecule has 0 aliphatic heterocycles. The maximum absolute atomic E-state index is 12.8. The van der Waals surface area contributed by atoms with E-state index < -0.39 is 6.04 Å². The van der Waals surface area contributed by atoms with Gasteiger partial charge in [-0.2, -0.15) is 0 Å². The molecule has 0 saturated carbocycles. The minimum absolute atomic E-state index is 0.0129. The summed E-state index contributed by atoms with van der Waals surface area (Å²) in [5, 5.41) is 8.67. The lowest BCUT2D eigenvalue weighted by Crippen LogP contribution is -2.51. The summed E-state index contributed by atoms with van der Waals surface area (Å²) in [6, 6.07) is 16.4. The van der Waals surface area contributed by atoms with Gasteiger partial charge in [-0.15, -0.1) is 0 Å². The SMILES string of the molecule is CC(C)C(NC(=O)Nc1ccccc1)C(=O)NC1CCc2ccccc21. The van der Waals surface area contributed by atoms with E-state index in [0.717, 1.165) is 12.8 Å². The summed E-state index contributed by atoms with van der Waals surface area (Å²) >= 11 is 0. The predicted octanol–water partition coefficient (Wildman–Crippen LogP) is 3.64. The molecule has 0 heterocycles. The quantitative estimate of drug-likeness (QED) is 0.770. The van der Waals surface area contributed by atoms with Crippen LogP contribution in [0.2, 0.25) is 0 Å². The van der Waals surface area contributed by atoms with E-state index in [4.69, 9.17) is 0 Å². The zero-order valence-corrected chi connectivity index (χ0v) is 15.2. The van der Waals surface area contributed by atoms with E-state index in [-0.39, 0.29) is 23.9 Å². The van der Waals surface area contributed by atoms with Gasteiger partial charge in [-0.1, -0.05) is 56.3 Å². The number of nitrogens with one attached hydrogen (secondary N) is 3. The van der Waals surface area contributed by atoms with Crippen LogP contribution in [0.1, 0.15) is 37.4 Å². The van der Waals surface area contributed by atoms with E-state index in [9.17, 15) is 9.59 Å². The summed E-state index contributed by atoms with van der Waals surface area (Å²) in [4.78, 5) is 25.0. The zero-order valence-electron chi connectivity index (χ0n) is 15.2. The first-order valence-corrected chi connectivity index (χ1v) is 9.05. The highest BCUT2D eigenvalue weighted by molar-refractivity contribution is 5.93. The van der Waals surface area contributed by atoms with Gasteiger partial charge in [0.25, 0.3) is 0 Å². The fourth-order valence-electron chi connectivity index (χ4n) is 3.33. The number of rotatable bonds is 5. The standard InChI is InChI=1S/C21H25N3O2/c1-14(2)19(24-21(26)22-16-9-4-3-5-10-16)20(25)23-18-13-12-15-8-6-7-11-17(15)18/h3-11,14,18-19H,12-13H2,1-2H3,(H,23,25)(H2,22,24,26).